The van der Waals surface area contributed by atoms with Gasteiger partial charge < -0.3 is 14.6 Å². The largest absolute Gasteiger partial charge is 0.459 e. The van der Waals surface area contributed by atoms with Crippen LogP contribution >= 0.6 is 11.6 Å². The molecule has 1 fully saturated rings. The Morgan fingerprint density at radius 2 is 2.22 bits per heavy atom. The average molecular weight is 265 g/mol. The van der Waals surface area contributed by atoms with Crippen LogP contribution in [0.3, 0.4) is 0 Å². The summed E-state index contributed by atoms with van der Waals surface area (Å²) in [6.07, 6.45) is 1.07. The van der Waals surface area contributed by atoms with Crippen molar-refractivity contribution in [2.75, 3.05) is 26.7 Å². The molecular weight excluding hydrogens is 248 g/mol. The summed E-state index contributed by atoms with van der Waals surface area (Å²) in [6.45, 7) is 3.18. The molecule has 1 atom stereocenters. The highest BCUT2D eigenvalue weighted by atomic mass is 35.5. The van der Waals surface area contributed by atoms with Crippen molar-refractivity contribution in [1.82, 2.24) is 10.2 Å². The summed E-state index contributed by atoms with van der Waals surface area (Å²) in [7, 11) is 2.16. The van der Waals surface area contributed by atoms with Gasteiger partial charge in [-0.2, -0.15) is 0 Å². The van der Waals surface area contributed by atoms with Crippen LogP contribution < -0.4 is 5.32 Å². The maximum Gasteiger partial charge on any atom is 0.134 e. The molecule has 2 heterocycles. The molecule has 0 spiro atoms. The molecule has 96 valence electrons. The van der Waals surface area contributed by atoms with Crippen LogP contribution in [0.15, 0.2) is 28.7 Å². The number of hydrogen-bond donors (Lipinski definition) is 1. The first-order valence-corrected chi connectivity index (χ1v) is 6.71. The van der Waals surface area contributed by atoms with Gasteiger partial charge in [0.2, 0.25) is 0 Å². The monoisotopic (exact) mass is 264 g/mol. The molecule has 1 saturated heterocycles. The summed E-state index contributed by atoms with van der Waals surface area (Å²) in [4.78, 5) is 2.34. The summed E-state index contributed by atoms with van der Waals surface area (Å²) < 4.78 is 5.91. The lowest BCUT2D eigenvalue weighted by Crippen LogP contribution is -2.24. The third-order valence-electron chi connectivity index (χ3n) is 3.52. The molecule has 3 nitrogen and oxygen atoms in total. The number of fused-ring (bicyclic) bond motifs is 1. The minimum Gasteiger partial charge on any atom is -0.459 e. The van der Waals surface area contributed by atoms with E-state index in [-0.39, 0.29) is 0 Å². The Labute approximate surface area is 112 Å². The van der Waals surface area contributed by atoms with Gasteiger partial charge in [-0.1, -0.05) is 11.6 Å². The van der Waals surface area contributed by atoms with E-state index < -0.39 is 0 Å². The zero-order valence-electron chi connectivity index (χ0n) is 10.4. The maximum atomic E-state index is 5.99. The Hall–Kier alpha value is -1.03. The van der Waals surface area contributed by atoms with Crippen molar-refractivity contribution < 1.29 is 4.42 Å². The first-order chi connectivity index (χ1) is 8.72. The number of nitrogens with one attached hydrogen (secondary N) is 1. The molecule has 1 N–H and O–H groups in total. The van der Waals surface area contributed by atoms with Crippen LogP contribution in [-0.4, -0.2) is 31.6 Å². The number of rotatable bonds is 1. The molecule has 0 bridgehead atoms. The van der Waals surface area contributed by atoms with Gasteiger partial charge in [-0.15, -0.1) is 0 Å². The van der Waals surface area contributed by atoms with Crippen LogP contribution in [0, 0.1) is 0 Å². The lowest BCUT2D eigenvalue weighted by Gasteiger charge is -2.12. The molecule has 2 aromatic rings. The number of benzene rings is 1. The molecule has 3 rings (SSSR count). The molecule has 0 aliphatic carbocycles. The zero-order valence-corrected chi connectivity index (χ0v) is 11.2. The smallest absolute Gasteiger partial charge is 0.134 e. The van der Waals surface area contributed by atoms with Gasteiger partial charge in [-0.3, -0.25) is 0 Å². The van der Waals surface area contributed by atoms with Crippen LogP contribution in [0.4, 0.5) is 0 Å². The average Bonchev–Trinajstić information content (AvgIpc) is 2.63. The molecule has 18 heavy (non-hydrogen) atoms. The summed E-state index contributed by atoms with van der Waals surface area (Å²) in [6, 6.07) is 8.16. The van der Waals surface area contributed by atoms with Gasteiger partial charge in [-0.05, 0) is 44.3 Å². The maximum absolute atomic E-state index is 5.99. The molecular formula is C14H17ClN2O. The van der Waals surface area contributed by atoms with Crippen LogP contribution in [0.5, 0.6) is 0 Å². The molecule has 4 heteroatoms. The van der Waals surface area contributed by atoms with Crippen molar-refractivity contribution in [3.05, 3.63) is 35.0 Å². The van der Waals surface area contributed by atoms with Crippen LogP contribution in [0.25, 0.3) is 11.0 Å². The van der Waals surface area contributed by atoms with Gasteiger partial charge in [0.1, 0.15) is 11.3 Å². The van der Waals surface area contributed by atoms with E-state index in [1.165, 1.54) is 0 Å². The van der Waals surface area contributed by atoms with Gasteiger partial charge in [0.15, 0.2) is 0 Å². The Bertz CT molecular complexity index is 552. The number of nitrogens with zero attached hydrogens (tertiary/aromatic N) is 1. The molecule has 0 saturated carbocycles. The topological polar surface area (TPSA) is 28.4 Å². The summed E-state index contributed by atoms with van der Waals surface area (Å²) in [5.74, 6) is 1.02. The van der Waals surface area contributed by atoms with Crippen molar-refractivity contribution in [1.29, 1.82) is 0 Å². The molecule has 1 aromatic carbocycles. The Balaban J connectivity index is 1.89. The second kappa shape index (κ2) is 4.92. The fraction of sp³-hybridized carbons (Fsp3) is 0.429. The standard InChI is InChI=1S/C14H17ClN2O/c1-17-6-4-12(16-5-7-17)14-9-10-8-11(15)2-3-13(10)18-14/h2-3,8-9,12,16H,4-7H2,1H3. The fourth-order valence-corrected chi connectivity index (χ4v) is 2.62. The number of halogens is 1. The molecule has 1 unspecified atom stereocenters. The van der Waals surface area contributed by atoms with Gasteiger partial charge in [0.05, 0.1) is 6.04 Å². The second-order valence-electron chi connectivity index (χ2n) is 4.93. The first kappa shape index (κ1) is 12.0. The van der Waals surface area contributed by atoms with Crippen molar-refractivity contribution in [2.24, 2.45) is 0 Å². The molecule has 1 aliphatic rings. The normalized spacial score (nSPS) is 22.2. The molecule has 0 radical (unpaired) electrons. The van der Waals surface area contributed by atoms with E-state index in [0.29, 0.717) is 6.04 Å². The van der Waals surface area contributed by atoms with E-state index in [0.717, 1.165) is 47.8 Å². The van der Waals surface area contributed by atoms with Gasteiger partial charge in [0, 0.05) is 23.5 Å². The minimum absolute atomic E-state index is 0.307. The van der Waals surface area contributed by atoms with Crippen molar-refractivity contribution in [2.45, 2.75) is 12.5 Å². The lowest BCUT2D eigenvalue weighted by molar-refractivity contribution is 0.351. The molecule has 1 aromatic heterocycles. The Morgan fingerprint density at radius 3 is 3.11 bits per heavy atom. The highest BCUT2D eigenvalue weighted by molar-refractivity contribution is 6.31. The van der Waals surface area contributed by atoms with Gasteiger partial charge in [0.25, 0.3) is 0 Å². The minimum atomic E-state index is 0.307. The van der Waals surface area contributed by atoms with Crippen molar-refractivity contribution in [3.8, 4) is 0 Å². The van der Waals surface area contributed by atoms with Gasteiger partial charge >= 0.3 is 0 Å². The second-order valence-corrected chi connectivity index (χ2v) is 5.37. The van der Waals surface area contributed by atoms with Crippen molar-refractivity contribution in [3.63, 3.8) is 0 Å². The quantitative estimate of drug-likeness (QED) is 0.858. The van der Waals surface area contributed by atoms with E-state index in [9.17, 15) is 0 Å². The van der Waals surface area contributed by atoms with E-state index in [1.807, 2.05) is 18.2 Å². The van der Waals surface area contributed by atoms with E-state index >= 15 is 0 Å². The predicted octanol–water partition coefficient (Wildman–Crippen LogP) is 3.05. The third kappa shape index (κ3) is 2.39. The van der Waals surface area contributed by atoms with E-state index in [2.05, 4.69) is 23.3 Å². The summed E-state index contributed by atoms with van der Waals surface area (Å²) >= 11 is 5.99. The number of hydrogen-bond acceptors (Lipinski definition) is 3. The van der Waals surface area contributed by atoms with Crippen LogP contribution in [0.1, 0.15) is 18.2 Å². The third-order valence-corrected chi connectivity index (χ3v) is 3.76. The highest BCUT2D eigenvalue weighted by Crippen LogP contribution is 2.28. The zero-order chi connectivity index (χ0) is 12.5. The SMILES string of the molecule is CN1CCNC(c2cc3cc(Cl)ccc3o2)CC1. The molecule has 0 amide bonds. The summed E-state index contributed by atoms with van der Waals surface area (Å²) in [5.41, 5.74) is 0.911. The number of likely N-dealkylation sites (N-methyl/N-ethyl adjacent to an activating group) is 1. The number of furan rings is 1. The van der Waals surface area contributed by atoms with Gasteiger partial charge in [-0.25, -0.2) is 0 Å². The first-order valence-electron chi connectivity index (χ1n) is 6.33. The lowest BCUT2D eigenvalue weighted by atomic mass is 10.1. The van der Waals surface area contributed by atoms with E-state index in [1.54, 1.807) is 0 Å². The Morgan fingerprint density at radius 1 is 1.33 bits per heavy atom. The van der Waals surface area contributed by atoms with E-state index in [4.69, 9.17) is 16.0 Å². The van der Waals surface area contributed by atoms with Crippen molar-refractivity contribution >= 4 is 22.6 Å². The highest BCUT2D eigenvalue weighted by Gasteiger charge is 2.19. The predicted molar refractivity (Wildman–Crippen MR) is 74.1 cm³/mol. The molecule has 1 aliphatic heterocycles. The fourth-order valence-electron chi connectivity index (χ4n) is 2.44. The van der Waals surface area contributed by atoms with Crippen LogP contribution in [-0.2, 0) is 0 Å². The Kier molecular flexibility index (Phi) is 3.29. The summed E-state index contributed by atoms with van der Waals surface area (Å²) in [5, 5.41) is 5.37. The van der Waals surface area contributed by atoms with Crippen LogP contribution in [0.2, 0.25) is 5.02 Å².